The molecule has 2 aromatic heterocycles. The van der Waals surface area contributed by atoms with Crippen LogP contribution in [-0.2, 0) is 47.6 Å². The van der Waals surface area contributed by atoms with Crippen molar-refractivity contribution in [2.45, 2.75) is 88.9 Å². The minimum atomic E-state index is -0.582. The minimum Gasteiger partial charge on any atom is -0.444 e. The van der Waals surface area contributed by atoms with Crippen molar-refractivity contribution in [2.75, 3.05) is 37.1 Å². The van der Waals surface area contributed by atoms with E-state index in [9.17, 15) is 9.59 Å². The Morgan fingerprint density at radius 1 is 1.14 bits per heavy atom. The monoisotopic (exact) mass is 619 g/mol. The second kappa shape index (κ2) is 11.7. The normalized spacial score (nSPS) is 19.5. The lowest BCUT2D eigenvalue weighted by molar-refractivity contribution is -0.0855. The predicted molar refractivity (Wildman–Crippen MR) is 169 cm³/mol. The van der Waals surface area contributed by atoms with E-state index in [-0.39, 0.29) is 5.91 Å². The molecular weight excluding hydrogens is 578 g/mol. The van der Waals surface area contributed by atoms with E-state index in [0.29, 0.717) is 31.0 Å². The Hall–Kier alpha value is -3.64. The number of hydrogen-bond donors (Lipinski definition) is 1. The van der Waals surface area contributed by atoms with E-state index in [1.807, 2.05) is 49.9 Å². The second-order valence-corrected chi connectivity index (χ2v) is 13.8. The molecule has 12 heteroatoms. The first kappa shape index (κ1) is 30.4. The number of nitrogens with zero attached hydrogens (tertiary/aromatic N) is 6. The second-order valence-electron chi connectivity index (χ2n) is 13.0. The lowest BCUT2D eigenvalue weighted by Crippen LogP contribution is -2.40. The van der Waals surface area contributed by atoms with Crippen molar-refractivity contribution in [3.63, 3.8) is 0 Å². The molecule has 4 heterocycles. The molecule has 0 bridgehead atoms. The Morgan fingerprint density at radius 3 is 2.70 bits per heavy atom. The zero-order chi connectivity index (χ0) is 31.2. The van der Waals surface area contributed by atoms with Crippen LogP contribution in [0.15, 0.2) is 29.4 Å². The van der Waals surface area contributed by atoms with Gasteiger partial charge in [0, 0.05) is 44.9 Å². The number of ether oxygens (including phenoxy) is 2. The third kappa shape index (κ3) is 6.01. The molecule has 0 saturated carbocycles. The topological polar surface area (TPSA) is 115 Å². The molecule has 1 N–H and O–H groups in total. The van der Waals surface area contributed by atoms with E-state index in [4.69, 9.17) is 19.4 Å². The van der Waals surface area contributed by atoms with E-state index in [0.717, 1.165) is 72.3 Å². The summed E-state index contributed by atoms with van der Waals surface area (Å²) in [5, 5.41) is 8.24. The van der Waals surface area contributed by atoms with E-state index < -0.39 is 17.3 Å². The average molecular weight is 620 g/mol. The largest absolute Gasteiger partial charge is 0.444 e. The predicted octanol–water partition coefficient (Wildman–Crippen LogP) is 5.16. The molecule has 3 aromatic rings. The van der Waals surface area contributed by atoms with Gasteiger partial charge in [0.15, 0.2) is 10.9 Å². The standard InChI is InChI=1S/C32H41N7O4S/c1-31(2,3)43-30(41)33-21-11-10-20-9-7-12-32(24(20)15-21)17-26-23(19-42-32)27(35-29(34-26)44-6)38-13-8-14-39-22(18-38)16-25(36-39)28(40)37(4)5/h10-11,15-16H,7-9,12-14,17-19H2,1-6H3,(H,33,41). The SMILES string of the molecule is CSc1nc2c(c(N3CCCn4nc(C(=O)N(C)C)cc4C3)n1)COC1(CCCc3ccc(NC(=O)OC(C)(C)C)cc31)C2. The van der Waals surface area contributed by atoms with Crippen molar-refractivity contribution < 1.29 is 19.1 Å². The lowest BCUT2D eigenvalue weighted by Gasteiger charge is -2.43. The number of nitrogens with one attached hydrogen (secondary N) is 1. The van der Waals surface area contributed by atoms with Gasteiger partial charge < -0.3 is 19.3 Å². The van der Waals surface area contributed by atoms with Gasteiger partial charge in [0.2, 0.25) is 0 Å². The van der Waals surface area contributed by atoms with Gasteiger partial charge in [-0.3, -0.25) is 14.8 Å². The Labute approximate surface area is 262 Å². The summed E-state index contributed by atoms with van der Waals surface area (Å²) in [6.45, 7) is 8.09. The van der Waals surface area contributed by atoms with Gasteiger partial charge in [-0.15, -0.1) is 0 Å². The van der Waals surface area contributed by atoms with Gasteiger partial charge in [-0.25, -0.2) is 14.8 Å². The van der Waals surface area contributed by atoms with Crippen molar-refractivity contribution in [3.05, 3.63) is 58.0 Å². The minimum absolute atomic E-state index is 0.0999. The highest BCUT2D eigenvalue weighted by Crippen LogP contribution is 2.47. The maximum atomic E-state index is 12.6. The number of carbonyl (C=O) groups excluding carboxylic acids is 2. The zero-order valence-corrected chi connectivity index (χ0v) is 27.2. The summed E-state index contributed by atoms with van der Waals surface area (Å²) in [4.78, 5) is 39.0. The van der Waals surface area contributed by atoms with E-state index in [1.165, 1.54) is 17.3 Å². The van der Waals surface area contributed by atoms with Crippen LogP contribution in [0.1, 0.15) is 78.6 Å². The first-order valence-electron chi connectivity index (χ1n) is 15.2. The number of fused-ring (bicyclic) bond motifs is 4. The summed E-state index contributed by atoms with van der Waals surface area (Å²) >= 11 is 1.54. The number of rotatable bonds is 4. The summed E-state index contributed by atoms with van der Waals surface area (Å²) in [7, 11) is 3.48. The van der Waals surface area contributed by atoms with Crippen LogP contribution in [0.4, 0.5) is 16.3 Å². The van der Waals surface area contributed by atoms with Gasteiger partial charge in [-0.05, 0) is 82.0 Å². The van der Waals surface area contributed by atoms with Crippen LogP contribution in [-0.4, -0.2) is 69.1 Å². The summed E-state index contributed by atoms with van der Waals surface area (Å²) in [5.41, 5.74) is 5.38. The van der Waals surface area contributed by atoms with Crippen LogP contribution in [0.25, 0.3) is 0 Å². The Kier molecular flexibility index (Phi) is 8.08. The number of thioether (sulfide) groups is 1. The summed E-state index contributed by atoms with van der Waals surface area (Å²) in [6, 6.07) is 7.98. The summed E-state index contributed by atoms with van der Waals surface area (Å²) in [5.74, 6) is 0.790. The average Bonchev–Trinajstić information content (AvgIpc) is 3.26. The number of aryl methyl sites for hydroxylation is 2. The highest BCUT2D eigenvalue weighted by atomic mass is 32.2. The maximum absolute atomic E-state index is 12.6. The highest BCUT2D eigenvalue weighted by molar-refractivity contribution is 7.98. The van der Waals surface area contributed by atoms with E-state index in [1.54, 1.807) is 19.0 Å². The van der Waals surface area contributed by atoms with Crippen molar-refractivity contribution in [1.29, 1.82) is 0 Å². The van der Waals surface area contributed by atoms with Crippen molar-refractivity contribution in [2.24, 2.45) is 0 Å². The van der Waals surface area contributed by atoms with E-state index >= 15 is 0 Å². The molecule has 0 radical (unpaired) electrons. The molecule has 2 aliphatic heterocycles. The zero-order valence-electron chi connectivity index (χ0n) is 26.4. The van der Waals surface area contributed by atoms with Gasteiger partial charge in [-0.2, -0.15) is 5.10 Å². The van der Waals surface area contributed by atoms with Crippen LogP contribution < -0.4 is 10.2 Å². The molecule has 1 aliphatic carbocycles. The van der Waals surface area contributed by atoms with Gasteiger partial charge in [0.05, 0.1) is 30.1 Å². The molecule has 0 saturated heterocycles. The molecule has 1 aromatic carbocycles. The molecule has 1 atom stereocenters. The first-order valence-corrected chi connectivity index (χ1v) is 16.4. The molecule has 44 heavy (non-hydrogen) atoms. The van der Waals surface area contributed by atoms with Gasteiger partial charge in [0.1, 0.15) is 11.4 Å². The molecule has 1 spiro atoms. The third-order valence-electron chi connectivity index (χ3n) is 8.39. The van der Waals surface area contributed by atoms with Crippen LogP contribution in [0.2, 0.25) is 0 Å². The lowest BCUT2D eigenvalue weighted by atomic mass is 9.74. The van der Waals surface area contributed by atoms with Crippen molar-refractivity contribution >= 4 is 35.3 Å². The third-order valence-corrected chi connectivity index (χ3v) is 8.94. The Bertz CT molecular complexity index is 1600. The smallest absolute Gasteiger partial charge is 0.412 e. The number of amides is 2. The summed E-state index contributed by atoms with van der Waals surface area (Å²) in [6.07, 6.45) is 5.88. The fourth-order valence-electron chi connectivity index (χ4n) is 6.40. The van der Waals surface area contributed by atoms with Crippen molar-refractivity contribution in [3.8, 4) is 0 Å². The molecule has 2 amide bonds. The number of hydrogen-bond acceptors (Lipinski definition) is 9. The number of benzene rings is 1. The van der Waals surface area contributed by atoms with Gasteiger partial charge >= 0.3 is 6.09 Å². The number of carbonyl (C=O) groups is 2. The van der Waals surface area contributed by atoms with E-state index in [2.05, 4.69) is 21.4 Å². The van der Waals surface area contributed by atoms with Crippen LogP contribution >= 0.6 is 11.8 Å². The molecule has 0 fully saturated rings. The van der Waals surface area contributed by atoms with Crippen LogP contribution in [0.5, 0.6) is 0 Å². The number of anilines is 2. The maximum Gasteiger partial charge on any atom is 0.412 e. The van der Waals surface area contributed by atoms with Gasteiger partial charge in [0.25, 0.3) is 5.91 Å². The van der Waals surface area contributed by atoms with Crippen LogP contribution in [0.3, 0.4) is 0 Å². The fourth-order valence-corrected chi connectivity index (χ4v) is 6.78. The fraction of sp³-hybridized carbons (Fsp3) is 0.531. The quantitative estimate of drug-likeness (QED) is 0.312. The van der Waals surface area contributed by atoms with Crippen LogP contribution in [0, 0.1) is 0 Å². The van der Waals surface area contributed by atoms with Crippen molar-refractivity contribution in [1.82, 2.24) is 24.6 Å². The first-order chi connectivity index (χ1) is 20.9. The molecule has 1 unspecified atom stereocenters. The highest BCUT2D eigenvalue weighted by Gasteiger charge is 2.43. The molecule has 11 nitrogen and oxygen atoms in total. The molecular formula is C32H41N7O4S. The van der Waals surface area contributed by atoms with Gasteiger partial charge in [-0.1, -0.05) is 17.8 Å². The molecule has 234 valence electrons. The molecule has 6 rings (SSSR count). The number of aromatic nitrogens is 4. The summed E-state index contributed by atoms with van der Waals surface area (Å²) < 4.78 is 14.3. The Morgan fingerprint density at radius 2 is 1.95 bits per heavy atom. The Balaban J connectivity index is 1.31. The molecule has 3 aliphatic rings.